The number of carboxylic acid groups (broad SMARTS) is 1. The van der Waals surface area contributed by atoms with E-state index in [1.165, 1.54) is 0 Å². The van der Waals surface area contributed by atoms with E-state index in [1.54, 1.807) is 0 Å². The second-order valence-corrected chi connectivity index (χ2v) is 8.08. The maximum atomic E-state index is 12.1. The zero-order valence-electron chi connectivity index (χ0n) is 11.4. The van der Waals surface area contributed by atoms with Crippen LogP contribution in [0.3, 0.4) is 0 Å². The topological polar surface area (TPSA) is 101 Å². The molecule has 3 atom stereocenters. The van der Waals surface area contributed by atoms with Crippen molar-refractivity contribution in [3.63, 3.8) is 0 Å². The minimum atomic E-state index is -2.94. The largest absolute Gasteiger partial charge is 0.481 e. The molecule has 3 unspecified atom stereocenters. The molecule has 7 heteroatoms. The van der Waals surface area contributed by atoms with Crippen LogP contribution in [0.2, 0.25) is 0 Å². The third-order valence-corrected chi connectivity index (χ3v) is 6.15. The highest BCUT2D eigenvalue weighted by atomic mass is 32.2. The van der Waals surface area contributed by atoms with E-state index in [1.807, 2.05) is 0 Å². The van der Waals surface area contributed by atoms with Gasteiger partial charge in [0.25, 0.3) is 0 Å². The van der Waals surface area contributed by atoms with Crippen molar-refractivity contribution in [3.05, 3.63) is 0 Å². The number of carbonyl (C=O) groups is 2. The van der Waals surface area contributed by atoms with Crippen LogP contribution in [-0.2, 0) is 19.4 Å². The fraction of sp³-hybridized carbons (Fsp3) is 0.846. The highest BCUT2D eigenvalue weighted by Gasteiger charge is 2.36. The SMILES string of the molecule is O=C(O)C1CCCCC1C(=O)NCC1CCS(=O)(=O)C1. The molecule has 114 valence electrons. The van der Waals surface area contributed by atoms with E-state index in [0.717, 1.165) is 12.8 Å². The molecule has 1 saturated heterocycles. The molecule has 2 aliphatic rings. The van der Waals surface area contributed by atoms with Crippen LogP contribution in [0.25, 0.3) is 0 Å². The minimum absolute atomic E-state index is 0.0316. The van der Waals surface area contributed by atoms with Gasteiger partial charge in [-0.25, -0.2) is 8.42 Å². The molecule has 0 aromatic rings. The summed E-state index contributed by atoms with van der Waals surface area (Å²) < 4.78 is 22.7. The smallest absolute Gasteiger partial charge is 0.307 e. The number of carbonyl (C=O) groups excluding carboxylic acids is 1. The number of aliphatic carboxylic acids is 1. The summed E-state index contributed by atoms with van der Waals surface area (Å²) in [5.74, 6) is -1.93. The van der Waals surface area contributed by atoms with Gasteiger partial charge in [0.15, 0.2) is 9.84 Å². The van der Waals surface area contributed by atoms with Gasteiger partial charge in [0.05, 0.1) is 23.3 Å². The molecule has 2 rings (SSSR count). The number of nitrogens with one attached hydrogen (secondary N) is 1. The first kappa shape index (κ1) is 15.3. The predicted molar refractivity (Wildman–Crippen MR) is 72.9 cm³/mol. The third kappa shape index (κ3) is 3.71. The van der Waals surface area contributed by atoms with Gasteiger partial charge in [0, 0.05) is 6.54 Å². The molecular weight excluding hydrogens is 282 g/mol. The summed E-state index contributed by atoms with van der Waals surface area (Å²) in [5, 5.41) is 11.9. The standard InChI is InChI=1S/C13H21NO5S/c15-12(10-3-1-2-4-11(10)13(16)17)14-7-9-5-6-20(18,19)8-9/h9-11H,1-8H2,(H,14,15)(H,16,17). The number of sulfone groups is 1. The van der Waals surface area contributed by atoms with Gasteiger partial charge in [-0.1, -0.05) is 12.8 Å². The van der Waals surface area contributed by atoms with Crippen LogP contribution in [0.4, 0.5) is 0 Å². The van der Waals surface area contributed by atoms with Crippen molar-refractivity contribution in [3.8, 4) is 0 Å². The van der Waals surface area contributed by atoms with Crippen LogP contribution in [-0.4, -0.2) is 43.5 Å². The van der Waals surface area contributed by atoms with Crippen LogP contribution in [0.5, 0.6) is 0 Å². The molecule has 2 N–H and O–H groups in total. The lowest BCUT2D eigenvalue weighted by molar-refractivity contribution is -0.148. The summed E-state index contributed by atoms with van der Waals surface area (Å²) in [7, 11) is -2.94. The lowest BCUT2D eigenvalue weighted by Gasteiger charge is -2.27. The Labute approximate surface area is 118 Å². The summed E-state index contributed by atoms with van der Waals surface area (Å²) in [6.45, 7) is 0.334. The summed E-state index contributed by atoms with van der Waals surface area (Å²) in [6.07, 6.45) is 3.45. The fourth-order valence-corrected chi connectivity index (χ4v) is 5.01. The van der Waals surface area contributed by atoms with Gasteiger partial charge in [0.2, 0.25) is 5.91 Å². The molecule has 6 nitrogen and oxygen atoms in total. The second-order valence-electron chi connectivity index (χ2n) is 5.85. The average molecular weight is 303 g/mol. The van der Waals surface area contributed by atoms with Crippen molar-refractivity contribution in [2.75, 3.05) is 18.1 Å². The molecule has 1 aliphatic carbocycles. The first-order valence-corrected chi connectivity index (χ1v) is 8.92. The first-order chi connectivity index (χ1) is 9.39. The molecule has 2 fully saturated rings. The Kier molecular flexibility index (Phi) is 4.67. The third-order valence-electron chi connectivity index (χ3n) is 4.31. The van der Waals surface area contributed by atoms with Gasteiger partial charge in [-0.15, -0.1) is 0 Å². The molecule has 0 radical (unpaired) electrons. The van der Waals surface area contributed by atoms with Gasteiger partial charge in [-0.2, -0.15) is 0 Å². The lowest BCUT2D eigenvalue weighted by atomic mass is 9.78. The predicted octanol–water partition coefficient (Wildman–Crippen LogP) is 0.428. The number of carboxylic acids is 1. The van der Waals surface area contributed by atoms with Crippen LogP contribution in [0.1, 0.15) is 32.1 Å². The lowest BCUT2D eigenvalue weighted by Crippen LogP contribution is -2.41. The molecular formula is C13H21NO5S. The van der Waals surface area contributed by atoms with Crippen molar-refractivity contribution in [1.29, 1.82) is 0 Å². The maximum Gasteiger partial charge on any atom is 0.307 e. The summed E-state index contributed by atoms with van der Waals surface area (Å²) in [4.78, 5) is 23.3. The van der Waals surface area contributed by atoms with Crippen LogP contribution in [0, 0.1) is 17.8 Å². The van der Waals surface area contributed by atoms with Crippen LogP contribution in [0.15, 0.2) is 0 Å². The highest BCUT2D eigenvalue weighted by molar-refractivity contribution is 7.91. The van der Waals surface area contributed by atoms with Crippen LogP contribution >= 0.6 is 0 Å². The zero-order valence-corrected chi connectivity index (χ0v) is 12.2. The average Bonchev–Trinajstić information content (AvgIpc) is 2.75. The number of hydrogen-bond donors (Lipinski definition) is 2. The maximum absolute atomic E-state index is 12.1. The number of hydrogen-bond acceptors (Lipinski definition) is 4. The van der Waals surface area contributed by atoms with Gasteiger partial charge in [-0.05, 0) is 25.2 Å². The molecule has 1 saturated carbocycles. The van der Waals surface area contributed by atoms with Crippen molar-refractivity contribution < 1.29 is 23.1 Å². The fourth-order valence-electron chi connectivity index (χ4n) is 3.15. The molecule has 20 heavy (non-hydrogen) atoms. The van der Waals surface area contributed by atoms with Gasteiger partial charge >= 0.3 is 5.97 Å². The summed E-state index contributed by atoms with van der Waals surface area (Å²) in [6, 6.07) is 0. The molecule has 1 heterocycles. The Morgan fingerprint density at radius 3 is 2.30 bits per heavy atom. The number of rotatable bonds is 4. The Morgan fingerprint density at radius 2 is 1.75 bits per heavy atom. The van der Waals surface area contributed by atoms with Crippen LogP contribution < -0.4 is 5.32 Å². The quantitative estimate of drug-likeness (QED) is 0.784. The van der Waals surface area contributed by atoms with E-state index in [4.69, 9.17) is 5.11 Å². The van der Waals surface area contributed by atoms with Crippen molar-refractivity contribution in [2.24, 2.45) is 17.8 Å². The van der Waals surface area contributed by atoms with E-state index in [9.17, 15) is 18.0 Å². The first-order valence-electron chi connectivity index (χ1n) is 7.10. The molecule has 0 spiro atoms. The Hall–Kier alpha value is -1.11. The van der Waals surface area contributed by atoms with Gasteiger partial charge in [-0.3, -0.25) is 9.59 Å². The van der Waals surface area contributed by atoms with E-state index < -0.39 is 27.6 Å². The second kappa shape index (κ2) is 6.11. The Balaban J connectivity index is 1.86. The molecule has 0 aromatic carbocycles. The monoisotopic (exact) mass is 303 g/mol. The van der Waals surface area contributed by atoms with E-state index in [2.05, 4.69) is 5.32 Å². The van der Waals surface area contributed by atoms with Crippen molar-refractivity contribution in [1.82, 2.24) is 5.32 Å². The molecule has 0 bridgehead atoms. The number of amides is 1. The summed E-state index contributed by atoms with van der Waals surface area (Å²) in [5.41, 5.74) is 0. The van der Waals surface area contributed by atoms with Crippen molar-refractivity contribution in [2.45, 2.75) is 32.1 Å². The normalized spacial score (nSPS) is 32.7. The molecule has 0 aromatic heterocycles. The Bertz CT molecular complexity index is 487. The minimum Gasteiger partial charge on any atom is -0.481 e. The zero-order chi connectivity index (χ0) is 14.8. The molecule has 1 amide bonds. The molecule has 1 aliphatic heterocycles. The van der Waals surface area contributed by atoms with Gasteiger partial charge in [0.1, 0.15) is 0 Å². The van der Waals surface area contributed by atoms with E-state index in [0.29, 0.717) is 25.8 Å². The van der Waals surface area contributed by atoms with Gasteiger partial charge < -0.3 is 10.4 Å². The van der Waals surface area contributed by atoms with E-state index in [-0.39, 0.29) is 23.3 Å². The Morgan fingerprint density at radius 1 is 1.10 bits per heavy atom. The highest BCUT2D eigenvalue weighted by Crippen LogP contribution is 2.30. The van der Waals surface area contributed by atoms with E-state index >= 15 is 0 Å². The summed E-state index contributed by atoms with van der Waals surface area (Å²) >= 11 is 0. The van der Waals surface area contributed by atoms with Crippen molar-refractivity contribution >= 4 is 21.7 Å².